The number of rotatable bonds is 3. The average molecular weight is 200 g/mol. The second-order valence-electron chi connectivity index (χ2n) is 3.14. The second kappa shape index (κ2) is 4.49. The molecule has 2 atom stereocenters. The third-order valence-electron chi connectivity index (χ3n) is 1.86. The molecule has 0 fully saturated rings. The minimum Gasteiger partial charge on any atom is -0.489 e. The lowest BCUT2D eigenvalue weighted by atomic mass is 10.2. The van der Waals surface area contributed by atoms with Crippen LogP contribution in [0.25, 0.3) is 0 Å². The van der Waals surface area contributed by atoms with Crippen molar-refractivity contribution in [2.75, 3.05) is 0 Å². The van der Waals surface area contributed by atoms with Crippen molar-refractivity contribution in [2.45, 2.75) is 26.0 Å². The first-order valence-electron chi connectivity index (χ1n) is 4.27. The minimum atomic E-state index is -0.00142. The molecule has 0 saturated heterocycles. The van der Waals surface area contributed by atoms with Crippen molar-refractivity contribution in [3.05, 3.63) is 29.3 Å². The zero-order chi connectivity index (χ0) is 9.84. The van der Waals surface area contributed by atoms with Gasteiger partial charge in [-0.25, -0.2) is 0 Å². The molecule has 0 aliphatic heterocycles. The molecule has 0 saturated carbocycles. The molecular formula is C10H14ClNO. The van der Waals surface area contributed by atoms with Crippen molar-refractivity contribution in [3.8, 4) is 5.75 Å². The van der Waals surface area contributed by atoms with E-state index in [1.165, 1.54) is 0 Å². The monoisotopic (exact) mass is 199 g/mol. The summed E-state index contributed by atoms with van der Waals surface area (Å²) in [5.74, 6) is 0.761. The van der Waals surface area contributed by atoms with E-state index in [0.717, 1.165) is 5.75 Å². The quantitative estimate of drug-likeness (QED) is 0.812. The van der Waals surface area contributed by atoms with Gasteiger partial charge in [0.1, 0.15) is 11.9 Å². The summed E-state index contributed by atoms with van der Waals surface area (Å²) in [6.45, 7) is 3.85. The molecule has 1 rings (SSSR count). The molecule has 0 aliphatic carbocycles. The van der Waals surface area contributed by atoms with Crippen LogP contribution in [0.15, 0.2) is 24.3 Å². The molecule has 0 amide bonds. The van der Waals surface area contributed by atoms with Crippen molar-refractivity contribution in [2.24, 2.45) is 5.73 Å². The van der Waals surface area contributed by atoms with Gasteiger partial charge in [-0.2, -0.15) is 0 Å². The number of halogens is 1. The number of ether oxygens (including phenoxy) is 1. The smallest absolute Gasteiger partial charge is 0.121 e. The normalized spacial score (nSPS) is 15.1. The molecule has 72 valence electrons. The SMILES string of the molecule is CC(N)C(C)Oc1cccc(Cl)c1. The molecule has 2 unspecified atom stereocenters. The van der Waals surface area contributed by atoms with Gasteiger partial charge in [0.05, 0.1) is 0 Å². The van der Waals surface area contributed by atoms with Gasteiger partial charge in [-0.3, -0.25) is 0 Å². The fraction of sp³-hybridized carbons (Fsp3) is 0.400. The van der Waals surface area contributed by atoms with Crippen LogP contribution in [-0.2, 0) is 0 Å². The zero-order valence-corrected chi connectivity index (χ0v) is 8.58. The van der Waals surface area contributed by atoms with E-state index in [1.54, 1.807) is 6.07 Å². The van der Waals surface area contributed by atoms with E-state index in [9.17, 15) is 0 Å². The summed E-state index contributed by atoms with van der Waals surface area (Å²) in [5, 5.41) is 0.675. The van der Waals surface area contributed by atoms with Gasteiger partial charge in [0.15, 0.2) is 0 Å². The van der Waals surface area contributed by atoms with E-state index in [4.69, 9.17) is 22.1 Å². The highest BCUT2D eigenvalue weighted by Gasteiger charge is 2.08. The van der Waals surface area contributed by atoms with Gasteiger partial charge in [0.2, 0.25) is 0 Å². The molecule has 1 aromatic carbocycles. The number of benzene rings is 1. The van der Waals surface area contributed by atoms with E-state index < -0.39 is 0 Å². The van der Waals surface area contributed by atoms with Crippen molar-refractivity contribution in [1.82, 2.24) is 0 Å². The number of hydrogen-bond donors (Lipinski definition) is 1. The Hall–Kier alpha value is -0.730. The fourth-order valence-corrected chi connectivity index (χ4v) is 1.04. The van der Waals surface area contributed by atoms with E-state index in [2.05, 4.69) is 0 Å². The Morgan fingerprint density at radius 2 is 2.08 bits per heavy atom. The van der Waals surface area contributed by atoms with Crippen LogP contribution in [0.2, 0.25) is 5.02 Å². The van der Waals surface area contributed by atoms with Crippen LogP contribution in [0.3, 0.4) is 0 Å². The summed E-state index contributed by atoms with van der Waals surface area (Å²) >= 11 is 5.80. The minimum absolute atomic E-state index is 0.00142. The van der Waals surface area contributed by atoms with Crippen LogP contribution in [0.5, 0.6) is 5.75 Å². The lowest BCUT2D eigenvalue weighted by Gasteiger charge is -2.17. The molecule has 0 heterocycles. The van der Waals surface area contributed by atoms with Crippen LogP contribution in [0, 0.1) is 0 Å². The van der Waals surface area contributed by atoms with Gasteiger partial charge in [-0.15, -0.1) is 0 Å². The number of nitrogens with two attached hydrogens (primary N) is 1. The summed E-state index contributed by atoms with van der Waals surface area (Å²) < 4.78 is 5.55. The van der Waals surface area contributed by atoms with E-state index in [1.807, 2.05) is 32.0 Å². The molecule has 2 nitrogen and oxygen atoms in total. The average Bonchev–Trinajstić information content (AvgIpc) is 2.04. The van der Waals surface area contributed by atoms with Crippen molar-refractivity contribution < 1.29 is 4.74 Å². The third kappa shape index (κ3) is 3.25. The lowest BCUT2D eigenvalue weighted by molar-refractivity contribution is 0.196. The Morgan fingerprint density at radius 3 is 2.62 bits per heavy atom. The van der Waals surface area contributed by atoms with Crippen LogP contribution in [-0.4, -0.2) is 12.1 Å². The Morgan fingerprint density at radius 1 is 1.38 bits per heavy atom. The summed E-state index contributed by atoms with van der Waals surface area (Å²) in [6.07, 6.45) is -0.00142. The molecule has 0 radical (unpaired) electrons. The molecule has 0 spiro atoms. The van der Waals surface area contributed by atoms with E-state index in [-0.39, 0.29) is 12.1 Å². The highest BCUT2D eigenvalue weighted by Crippen LogP contribution is 2.18. The predicted octanol–water partition coefficient (Wildman–Crippen LogP) is 2.45. The first kappa shape index (κ1) is 10.4. The van der Waals surface area contributed by atoms with Crippen molar-refractivity contribution in [3.63, 3.8) is 0 Å². The summed E-state index contributed by atoms with van der Waals surface area (Å²) in [6, 6.07) is 7.32. The maximum atomic E-state index is 5.80. The van der Waals surface area contributed by atoms with Gasteiger partial charge >= 0.3 is 0 Å². The first-order valence-corrected chi connectivity index (χ1v) is 4.65. The molecule has 3 heteroatoms. The highest BCUT2D eigenvalue weighted by atomic mass is 35.5. The Bertz CT molecular complexity index is 275. The molecule has 0 bridgehead atoms. The highest BCUT2D eigenvalue weighted by molar-refractivity contribution is 6.30. The Balaban J connectivity index is 2.64. The molecule has 0 aliphatic rings. The molecule has 13 heavy (non-hydrogen) atoms. The standard InChI is InChI=1S/C10H14ClNO/c1-7(12)8(2)13-10-5-3-4-9(11)6-10/h3-8H,12H2,1-2H3. The topological polar surface area (TPSA) is 35.2 Å². The maximum Gasteiger partial charge on any atom is 0.121 e. The summed E-state index contributed by atoms with van der Waals surface area (Å²) in [7, 11) is 0. The molecule has 0 aromatic heterocycles. The van der Waals surface area contributed by atoms with Gasteiger partial charge in [0, 0.05) is 11.1 Å². The van der Waals surface area contributed by atoms with Gasteiger partial charge < -0.3 is 10.5 Å². The van der Waals surface area contributed by atoms with Crippen molar-refractivity contribution in [1.29, 1.82) is 0 Å². The molecule has 2 N–H and O–H groups in total. The maximum absolute atomic E-state index is 5.80. The van der Waals surface area contributed by atoms with Crippen LogP contribution < -0.4 is 10.5 Å². The van der Waals surface area contributed by atoms with E-state index in [0.29, 0.717) is 5.02 Å². The lowest BCUT2D eigenvalue weighted by Crippen LogP contribution is -2.33. The summed E-state index contributed by atoms with van der Waals surface area (Å²) in [5.41, 5.74) is 5.66. The van der Waals surface area contributed by atoms with Gasteiger partial charge in [0.25, 0.3) is 0 Å². The molecule has 1 aromatic rings. The van der Waals surface area contributed by atoms with Gasteiger partial charge in [-0.1, -0.05) is 17.7 Å². The third-order valence-corrected chi connectivity index (χ3v) is 2.09. The summed E-state index contributed by atoms with van der Waals surface area (Å²) in [4.78, 5) is 0. The predicted molar refractivity (Wildman–Crippen MR) is 55.2 cm³/mol. The Kier molecular flexibility index (Phi) is 3.58. The Labute approximate surface area is 83.6 Å². The van der Waals surface area contributed by atoms with Crippen LogP contribution >= 0.6 is 11.6 Å². The van der Waals surface area contributed by atoms with E-state index >= 15 is 0 Å². The van der Waals surface area contributed by atoms with Gasteiger partial charge in [-0.05, 0) is 32.0 Å². The van der Waals surface area contributed by atoms with Crippen LogP contribution in [0.4, 0.5) is 0 Å². The number of hydrogen-bond acceptors (Lipinski definition) is 2. The van der Waals surface area contributed by atoms with Crippen LogP contribution in [0.1, 0.15) is 13.8 Å². The first-order chi connectivity index (χ1) is 6.09. The van der Waals surface area contributed by atoms with Crippen molar-refractivity contribution >= 4 is 11.6 Å². The fourth-order valence-electron chi connectivity index (χ4n) is 0.862. The molecular weight excluding hydrogens is 186 g/mol. The zero-order valence-electron chi connectivity index (χ0n) is 7.83. The largest absolute Gasteiger partial charge is 0.489 e. The second-order valence-corrected chi connectivity index (χ2v) is 3.58.